The highest BCUT2D eigenvalue weighted by atomic mass is 35.5. The van der Waals surface area contributed by atoms with Gasteiger partial charge in [-0.05, 0) is 31.9 Å². The van der Waals surface area contributed by atoms with Gasteiger partial charge in [-0.15, -0.1) is 0 Å². The zero-order chi connectivity index (χ0) is 10.3. The lowest BCUT2D eigenvalue weighted by Gasteiger charge is -2.00. The first-order valence-corrected chi connectivity index (χ1v) is 5.02. The molecule has 0 aromatic carbocycles. The number of imidazole rings is 1. The summed E-state index contributed by atoms with van der Waals surface area (Å²) in [4.78, 5) is 4.47. The van der Waals surface area contributed by atoms with Gasteiger partial charge in [-0.2, -0.15) is 5.10 Å². The summed E-state index contributed by atoms with van der Waals surface area (Å²) in [5, 5.41) is 4.76. The van der Waals surface area contributed by atoms with Crippen molar-refractivity contribution in [2.45, 2.75) is 27.2 Å². The molecule has 2 aromatic rings. The molecule has 0 aliphatic heterocycles. The Kier molecular flexibility index (Phi) is 2.19. The second kappa shape index (κ2) is 3.24. The summed E-state index contributed by atoms with van der Waals surface area (Å²) in [5.74, 6) is 0. The van der Waals surface area contributed by atoms with E-state index in [9.17, 15) is 0 Å². The maximum absolute atomic E-state index is 5.90. The number of hydrogen-bond acceptors (Lipinski definition) is 2. The normalized spacial score (nSPS) is 11.1. The van der Waals surface area contributed by atoms with Crippen LogP contribution in [-0.4, -0.2) is 14.6 Å². The standard InChI is InChI=1S/C10H12ClN3/c1-4-8-7(3)12-10-6(2)5-9(11)13-14(8)10/h5H,4H2,1-3H3. The molecule has 0 aliphatic rings. The maximum Gasteiger partial charge on any atom is 0.157 e. The Morgan fingerprint density at radius 1 is 1.43 bits per heavy atom. The quantitative estimate of drug-likeness (QED) is 0.723. The van der Waals surface area contributed by atoms with Gasteiger partial charge in [0.15, 0.2) is 5.65 Å². The molecule has 0 spiro atoms. The van der Waals surface area contributed by atoms with E-state index in [4.69, 9.17) is 11.6 Å². The fourth-order valence-corrected chi connectivity index (χ4v) is 1.93. The largest absolute Gasteiger partial charge is 0.232 e. The molecule has 0 atom stereocenters. The average molecular weight is 210 g/mol. The minimum atomic E-state index is 0.516. The molecule has 2 heterocycles. The highest BCUT2D eigenvalue weighted by Gasteiger charge is 2.10. The zero-order valence-electron chi connectivity index (χ0n) is 8.50. The lowest BCUT2D eigenvalue weighted by Crippen LogP contribution is -1.98. The van der Waals surface area contributed by atoms with Crippen molar-refractivity contribution in [1.29, 1.82) is 0 Å². The van der Waals surface area contributed by atoms with Crippen LogP contribution in [0.25, 0.3) is 5.65 Å². The molecule has 2 rings (SSSR count). The molecule has 0 N–H and O–H groups in total. The molecule has 0 radical (unpaired) electrons. The van der Waals surface area contributed by atoms with Crippen LogP contribution in [0.2, 0.25) is 5.15 Å². The van der Waals surface area contributed by atoms with Crippen LogP contribution in [-0.2, 0) is 6.42 Å². The molecule has 0 saturated carbocycles. The van der Waals surface area contributed by atoms with E-state index >= 15 is 0 Å². The van der Waals surface area contributed by atoms with Crippen LogP contribution in [0.15, 0.2) is 6.07 Å². The van der Waals surface area contributed by atoms with Gasteiger partial charge < -0.3 is 0 Å². The molecule has 0 fully saturated rings. The summed E-state index contributed by atoms with van der Waals surface area (Å²) in [7, 11) is 0. The van der Waals surface area contributed by atoms with Crippen molar-refractivity contribution < 1.29 is 0 Å². The van der Waals surface area contributed by atoms with Crippen molar-refractivity contribution in [1.82, 2.24) is 14.6 Å². The Morgan fingerprint density at radius 2 is 2.14 bits per heavy atom. The van der Waals surface area contributed by atoms with E-state index in [1.165, 1.54) is 0 Å². The van der Waals surface area contributed by atoms with Gasteiger partial charge in [0.05, 0.1) is 11.4 Å². The highest BCUT2D eigenvalue weighted by Crippen LogP contribution is 2.17. The van der Waals surface area contributed by atoms with E-state index in [-0.39, 0.29) is 0 Å². The summed E-state index contributed by atoms with van der Waals surface area (Å²) in [6.45, 7) is 6.09. The first-order valence-electron chi connectivity index (χ1n) is 4.65. The van der Waals surface area contributed by atoms with E-state index in [2.05, 4.69) is 17.0 Å². The van der Waals surface area contributed by atoms with E-state index in [0.717, 1.165) is 29.0 Å². The van der Waals surface area contributed by atoms with Crippen LogP contribution in [0.3, 0.4) is 0 Å². The van der Waals surface area contributed by atoms with Gasteiger partial charge in [0.2, 0.25) is 0 Å². The van der Waals surface area contributed by atoms with E-state index in [0.29, 0.717) is 5.15 Å². The van der Waals surface area contributed by atoms with Crippen LogP contribution < -0.4 is 0 Å². The Hall–Kier alpha value is -1.09. The minimum Gasteiger partial charge on any atom is -0.232 e. The lowest BCUT2D eigenvalue weighted by atomic mass is 10.3. The molecule has 14 heavy (non-hydrogen) atoms. The Labute approximate surface area is 87.7 Å². The van der Waals surface area contributed by atoms with E-state index in [1.807, 2.05) is 24.4 Å². The fourth-order valence-electron chi connectivity index (χ4n) is 1.69. The van der Waals surface area contributed by atoms with Crippen LogP contribution in [0.1, 0.15) is 23.9 Å². The second-order valence-electron chi connectivity index (χ2n) is 3.38. The summed E-state index contributed by atoms with van der Waals surface area (Å²) >= 11 is 5.90. The predicted octanol–water partition coefficient (Wildman–Crippen LogP) is 2.56. The van der Waals surface area contributed by atoms with Crippen LogP contribution in [0, 0.1) is 13.8 Å². The first kappa shape index (κ1) is 9.46. The monoisotopic (exact) mass is 209 g/mol. The van der Waals surface area contributed by atoms with Gasteiger partial charge in [-0.3, -0.25) is 0 Å². The molecule has 4 heteroatoms. The molecule has 0 saturated heterocycles. The number of nitrogens with zero attached hydrogens (tertiary/aromatic N) is 3. The Bertz CT molecular complexity index is 488. The van der Waals surface area contributed by atoms with Crippen molar-refractivity contribution in [3.05, 3.63) is 28.2 Å². The van der Waals surface area contributed by atoms with Crippen molar-refractivity contribution >= 4 is 17.2 Å². The third-order valence-corrected chi connectivity index (χ3v) is 2.55. The fraction of sp³-hybridized carbons (Fsp3) is 0.400. The van der Waals surface area contributed by atoms with Gasteiger partial charge >= 0.3 is 0 Å². The van der Waals surface area contributed by atoms with Crippen LogP contribution in [0.4, 0.5) is 0 Å². The molecular weight excluding hydrogens is 198 g/mol. The molecular formula is C10H12ClN3. The van der Waals surface area contributed by atoms with Crippen LogP contribution in [0.5, 0.6) is 0 Å². The summed E-state index contributed by atoms with van der Waals surface area (Å²) < 4.78 is 1.84. The second-order valence-corrected chi connectivity index (χ2v) is 3.77. The Morgan fingerprint density at radius 3 is 2.79 bits per heavy atom. The van der Waals surface area contributed by atoms with Crippen molar-refractivity contribution in [3.63, 3.8) is 0 Å². The summed E-state index contributed by atoms with van der Waals surface area (Å²) in [6, 6.07) is 1.84. The predicted molar refractivity (Wildman–Crippen MR) is 56.8 cm³/mol. The topological polar surface area (TPSA) is 30.2 Å². The SMILES string of the molecule is CCc1c(C)nc2c(C)cc(Cl)nn12. The number of aromatic nitrogens is 3. The summed E-state index contributed by atoms with van der Waals surface area (Å²) in [5.41, 5.74) is 4.13. The smallest absolute Gasteiger partial charge is 0.157 e. The van der Waals surface area contributed by atoms with E-state index in [1.54, 1.807) is 0 Å². The molecule has 0 unspecified atom stereocenters. The average Bonchev–Trinajstić information content (AvgIpc) is 2.41. The third kappa shape index (κ3) is 1.28. The minimum absolute atomic E-state index is 0.516. The third-order valence-electron chi connectivity index (χ3n) is 2.37. The Balaban J connectivity index is 2.87. The van der Waals surface area contributed by atoms with Crippen molar-refractivity contribution in [2.24, 2.45) is 0 Å². The number of aryl methyl sites for hydroxylation is 3. The molecule has 0 amide bonds. The maximum atomic E-state index is 5.90. The molecule has 3 nitrogen and oxygen atoms in total. The summed E-state index contributed by atoms with van der Waals surface area (Å²) in [6.07, 6.45) is 0.916. The molecule has 0 aliphatic carbocycles. The molecule has 0 bridgehead atoms. The van der Waals surface area contributed by atoms with Gasteiger partial charge in [-0.25, -0.2) is 9.50 Å². The lowest BCUT2D eigenvalue weighted by molar-refractivity contribution is 0.849. The van der Waals surface area contributed by atoms with Gasteiger partial charge in [0.1, 0.15) is 5.15 Å². The first-order chi connectivity index (χ1) is 6.63. The van der Waals surface area contributed by atoms with E-state index < -0.39 is 0 Å². The van der Waals surface area contributed by atoms with Crippen molar-refractivity contribution in [3.8, 4) is 0 Å². The highest BCUT2D eigenvalue weighted by molar-refractivity contribution is 6.29. The number of fused-ring (bicyclic) bond motifs is 1. The number of rotatable bonds is 1. The molecule has 2 aromatic heterocycles. The van der Waals surface area contributed by atoms with Crippen molar-refractivity contribution in [2.75, 3.05) is 0 Å². The van der Waals surface area contributed by atoms with Gasteiger partial charge in [0, 0.05) is 0 Å². The molecule has 74 valence electrons. The van der Waals surface area contributed by atoms with Gasteiger partial charge in [-0.1, -0.05) is 18.5 Å². The van der Waals surface area contributed by atoms with Crippen LogP contribution >= 0.6 is 11.6 Å². The zero-order valence-corrected chi connectivity index (χ0v) is 9.26. The van der Waals surface area contributed by atoms with Gasteiger partial charge in [0.25, 0.3) is 0 Å². The number of hydrogen-bond donors (Lipinski definition) is 0. The number of halogens is 1.